The topological polar surface area (TPSA) is 20.5 Å². The van der Waals surface area contributed by atoms with Crippen LogP contribution < -0.4 is 4.90 Å². The summed E-state index contributed by atoms with van der Waals surface area (Å²) in [6, 6.07) is 9.70. The summed E-state index contributed by atoms with van der Waals surface area (Å²) in [6.07, 6.45) is 1.80. The van der Waals surface area contributed by atoms with Crippen molar-refractivity contribution in [1.82, 2.24) is 4.98 Å². The molecule has 0 bridgehead atoms. The molecule has 90 valence electrons. The first-order chi connectivity index (χ1) is 8.61. The van der Waals surface area contributed by atoms with Crippen LogP contribution in [0.25, 0.3) is 16.1 Å². The minimum Gasteiger partial charge on any atom is -0.378 e. The zero-order valence-corrected chi connectivity index (χ0v) is 10.8. The summed E-state index contributed by atoms with van der Waals surface area (Å²) in [5.74, 6) is 0. The fraction of sp³-hybridized carbons (Fsp3) is 0.200. The van der Waals surface area contributed by atoms with E-state index in [9.17, 15) is 0 Å². The van der Waals surface area contributed by atoms with E-state index in [1.54, 1.807) is 6.20 Å². The highest BCUT2D eigenvalue weighted by Gasteiger charge is 2.06. The summed E-state index contributed by atoms with van der Waals surface area (Å²) in [5, 5.41) is 0. The number of nitrogens with zero attached hydrogens (tertiary/aromatic N) is 3. The smallest absolute Gasteiger partial charge is 0.187 e. The van der Waals surface area contributed by atoms with E-state index in [4.69, 9.17) is 6.57 Å². The maximum absolute atomic E-state index is 7.08. The van der Waals surface area contributed by atoms with Gasteiger partial charge in [0, 0.05) is 26.0 Å². The molecule has 0 atom stereocenters. The number of hydrogen-bond acceptors (Lipinski definition) is 2. The van der Waals surface area contributed by atoms with Gasteiger partial charge in [0.15, 0.2) is 5.69 Å². The van der Waals surface area contributed by atoms with E-state index in [1.165, 1.54) is 0 Å². The maximum Gasteiger partial charge on any atom is 0.187 e. The van der Waals surface area contributed by atoms with E-state index in [2.05, 4.69) is 9.83 Å². The molecule has 0 aliphatic rings. The standard InChI is InChI=1S/C15H15N3/c1-11-5-6-12(16-2)9-14(11)15-10-13(18(3)4)7-8-17-15/h5-10H,1,3-4H3. The van der Waals surface area contributed by atoms with Crippen molar-refractivity contribution in [2.24, 2.45) is 0 Å². The Balaban J connectivity index is 2.55. The molecule has 3 nitrogen and oxygen atoms in total. The number of pyridine rings is 1. The molecule has 0 aliphatic heterocycles. The Morgan fingerprint density at radius 3 is 2.61 bits per heavy atom. The molecule has 0 amide bonds. The second kappa shape index (κ2) is 4.89. The predicted octanol–water partition coefficient (Wildman–Crippen LogP) is 3.67. The van der Waals surface area contributed by atoms with Crippen molar-refractivity contribution in [3.05, 3.63) is 53.5 Å². The average Bonchev–Trinajstić information content (AvgIpc) is 2.39. The molecule has 1 aromatic heterocycles. The van der Waals surface area contributed by atoms with Gasteiger partial charge in [0.05, 0.1) is 12.3 Å². The second-order valence-corrected chi connectivity index (χ2v) is 4.40. The number of hydrogen-bond donors (Lipinski definition) is 0. The highest BCUT2D eigenvalue weighted by atomic mass is 15.1. The molecule has 3 heteroatoms. The van der Waals surface area contributed by atoms with Gasteiger partial charge >= 0.3 is 0 Å². The highest BCUT2D eigenvalue weighted by Crippen LogP contribution is 2.28. The van der Waals surface area contributed by atoms with Crippen LogP contribution in [0.1, 0.15) is 5.56 Å². The van der Waals surface area contributed by atoms with Gasteiger partial charge in [-0.15, -0.1) is 0 Å². The molecule has 0 spiro atoms. The maximum atomic E-state index is 7.08. The van der Waals surface area contributed by atoms with Crippen LogP contribution in [0.2, 0.25) is 0 Å². The summed E-state index contributed by atoms with van der Waals surface area (Å²) < 4.78 is 0. The van der Waals surface area contributed by atoms with Gasteiger partial charge in [-0.25, -0.2) is 4.85 Å². The first kappa shape index (κ1) is 12.1. The van der Waals surface area contributed by atoms with Gasteiger partial charge in [0.1, 0.15) is 0 Å². The zero-order valence-electron chi connectivity index (χ0n) is 10.8. The van der Waals surface area contributed by atoms with Crippen molar-refractivity contribution in [2.45, 2.75) is 6.92 Å². The van der Waals surface area contributed by atoms with E-state index >= 15 is 0 Å². The molecule has 0 radical (unpaired) electrons. The Kier molecular flexibility index (Phi) is 3.29. The summed E-state index contributed by atoms with van der Waals surface area (Å²) >= 11 is 0. The Morgan fingerprint density at radius 2 is 1.94 bits per heavy atom. The lowest BCUT2D eigenvalue weighted by Gasteiger charge is -2.14. The molecule has 0 saturated heterocycles. The van der Waals surface area contributed by atoms with Crippen LogP contribution in [0, 0.1) is 13.5 Å². The third-order valence-corrected chi connectivity index (χ3v) is 2.89. The highest BCUT2D eigenvalue weighted by molar-refractivity contribution is 5.71. The van der Waals surface area contributed by atoms with Gasteiger partial charge < -0.3 is 4.90 Å². The fourth-order valence-electron chi connectivity index (χ4n) is 1.80. The van der Waals surface area contributed by atoms with Gasteiger partial charge in [0.2, 0.25) is 0 Å². The largest absolute Gasteiger partial charge is 0.378 e. The number of aromatic nitrogens is 1. The molecule has 0 fully saturated rings. The average molecular weight is 237 g/mol. The first-order valence-corrected chi connectivity index (χ1v) is 5.73. The van der Waals surface area contributed by atoms with Gasteiger partial charge in [-0.05, 0) is 36.2 Å². The molecule has 1 aromatic carbocycles. The van der Waals surface area contributed by atoms with Crippen LogP contribution in [-0.2, 0) is 0 Å². The van der Waals surface area contributed by atoms with Gasteiger partial charge in [-0.2, -0.15) is 0 Å². The Hall–Kier alpha value is -2.34. The molecular formula is C15H15N3. The van der Waals surface area contributed by atoms with E-state index < -0.39 is 0 Å². The summed E-state index contributed by atoms with van der Waals surface area (Å²) in [5.41, 5.74) is 4.81. The normalized spacial score (nSPS) is 9.89. The van der Waals surface area contributed by atoms with E-state index in [-0.39, 0.29) is 0 Å². The van der Waals surface area contributed by atoms with E-state index in [0.29, 0.717) is 5.69 Å². The van der Waals surface area contributed by atoms with E-state index in [0.717, 1.165) is 22.5 Å². The molecule has 1 heterocycles. The summed E-state index contributed by atoms with van der Waals surface area (Å²) in [4.78, 5) is 9.91. The summed E-state index contributed by atoms with van der Waals surface area (Å²) in [7, 11) is 4.00. The van der Waals surface area contributed by atoms with Gasteiger partial charge in [0.25, 0.3) is 0 Å². The van der Waals surface area contributed by atoms with Gasteiger partial charge in [-0.1, -0.05) is 12.1 Å². The third-order valence-electron chi connectivity index (χ3n) is 2.89. The molecule has 0 aliphatic carbocycles. The van der Waals surface area contributed by atoms with Crippen LogP contribution >= 0.6 is 0 Å². The minimum absolute atomic E-state index is 0.646. The quantitative estimate of drug-likeness (QED) is 0.743. The minimum atomic E-state index is 0.646. The van der Waals surface area contributed by atoms with Crippen LogP contribution in [0.5, 0.6) is 0 Å². The zero-order chi connectivity index (χ0) is 13.1. The molecular weight excluding hydrogens is 222 g/mol. The lowest BCUT2D eigenvalue weighted by molar-refractivity contribution is 1.12. The number of anilines is 1. The first-order valence-electron chi connectivity index (χ1n) is 5.73. The van der Waals surface area contributed by atoms with Crippen LogP contribution in [0.15, 0.2) is 36.5 Å². The molecule has 18 heavy (non-hydrogen) atoms. The SMILES string of the molecule is [C-]#[N+]c1ccc(C)c(-c2cc(N(C)C)ccn2)c1. The predicted molar refractivity (Wildman–Crippen MR) is 75.0 cm³/mol. The Morgan fingerprint density at radius 1 is 1.17 bits per heavy atom. The van der Waals surface area contributed by atoms with Crippen molar-refractivity contribution in [3.8, 4) is 11.3 Å². The number of rotatable bonds is 2. The number of aryl methyl sites for hydroxylation is 1. The van der Waals surface area contributed by atoms with Crippen LogP contribution in [0.4, 0.5) is 11.4 Å². The van der Waals surface area contributed by atoms with Gasteiger partial charge in [-0.3, -0.25) is 4.98 Å². The Labute approximate surface area is 108 Å². The summed E-state index contributed by atoms with van der Waals surface area (Å²) in [6.45, 7) is 9.11. The van der Waals surface area contributed by atoms with Crippen molar-refractivity contribution in [3.63, 3.8) is 0 Å². The third kappa shape index (κ3) is 2.33. The second-order valence-electron chi connectivity index (χ2n) is 4.40. The fourth-order valence-corrected chi connectivity index (χ4v) is 1.80. The van der Waals surface area contributed by atoms with Crippen LogP contribution in [0.3, 0.4) is 0 Å². The molecule has 0 N–H and O–H groups in total. The molecule has 0 unspecified atom stereocenters. The van der Waals surface area contributed by atoms with Crippen LogP contribution in [-0.4, -0.2) is 19.1 Å². The van der Waals surface area contributed by atoms with Crippen molar-refractivity contribution >= 4 is 11.4 Å². The molecule has 0 saturated carbocycles. The monoisotopic (exact) mass is 237 g/mol. The van der Waals surface area contributed by atoms with Crippen molar-refractivity contribution in [1.29, 1.82) is 0 Å². The lowest BCUT2D eigenvalue weighted by atomic mass is 10.0. The Bertz CT molecular complexity index is 609. The van der Waals surface area contributed by atoms with E-state index in [1.807, 2.05) is 56.3 Å². The lowest BCUT2D eigenvalue weighted by Crippen LogP contribution is -2.08. The van der Waals surface area contributed by atoms with Crippen molar-refractivity contribution in [2.75, 3.05) is 19.0 Å². The molecule has 2 aromatic rings. The molecule has 2 rings (SSSR count). The number of benzene rings is 1. The van der Waals surface area contributed by atoms with Crippen molar-refractivity contribution < 1.29 is 0 Å².